The van der Waals surface area contributed by atoms with Crippen LogP contribution in [-0.4, -0.2) is 33.7 Å². The minimum absolute atomic E-state index is 0.510. The molecule has 2 aromatic heterocycles. The first-order chi connectivity index (χ1) is 9.81. The lowest BCUT2D eigenvalue weighted by Gasteiger charge is -2.22. The molecule has 0 radical (unpaired) electrons. The summed E-state index contributed by atoms with van der Waals surface area (Å²) in [6, 6.07) is 2.59. The number of rotatable bonds is 2. The van der Waals surface area contributed by atoms with E-state index in [-0.39, 0.29) is 0 Å². The van der Waals surface area contributed by atoms with E-state index in [4.69, 9.17) is 4.98 Å². The maximum absolute atomic E-state index is 4.82. The second kappa shape index (κ2) is 4.74. The lowest BCUT2D eigenvalue weighted by atomic mass is 9.96. The molecule has 20 heavy (non-hydrogen) atoms. The molecule has 5 nitrogen and oxygen atoms in total. The van der Waals surface area contributed by atoms with Crippen LogP contribution in [0.3, 0.4) is 0 Å². The average Bonchev–Trinajstić information content (AvgIpc) is 3.07. The Balaban J connectivity index is 1.85. The van der Waals surface area contributed by atoms with Crippen molar-refractivity contribution in [3.8, 4) is 0 Å². The summed E-state index contributed by atoms with van der Waals surface area (Å²) in [4.78, 5) is 4.82. The lowest BCUT2D eigenvalue weighted by Crippen LogP contribution is -2.26. The number of nitrogens with one attached hydrogen (secondary N) is 2. The molecule has 1 atom stereocenters. The molecule has 0 amide bonds. The molecule has 2 aromatic rings. The second-order valence-corrected chi connectivity index (χ2v) is 5.98. The number of hydrogen-bond donors (Lipinski definition) is 2. The summed E-state index contributed by atoms with van der Waals surface area (Å²) in [5, 5.41) is 11.8. The summed E-state index contributed by atoms with van der Waals surface area (Å²) >= 11 is 0. The van der Waals surface area contributed by atoms with Crippen LogP contribution in [0.15, 0.2) is 6.07 Å². The Hall–Kier alpha value is -1.62. The summed E-state index contributed by atoms with van der Waals surface area (Å²) in [6.07, 6.45) is 5.93. The first-order valence-electron chi connectivity index (χ1n) is 7.66. The topological polar surface area (TPSA) is 54.2 Å². The van der Waals surface area contributed by atoms with Crippen LogP contribution in [0, 0.1) is 6.92 Å². The summed E-state index contributed by atoms with van der Waals surface area (Å²) < 4.78 is 2.01. The van der Waals surface area contributed by atoms with Gasteiger partial charge in [-0.05, 0) is 45.6 Å². The van der Waals surface area contributed by atoms with Crippen LogP contribution in [-0.2, 0) is 12.8 Å². The lowest BCUT2D eigenvalue weighted by molar-refractivity contribution is 0.656. The quantitative estimate of drug-likeness (QED) is 0.873. The smallest absolute Gasteiger partial charge is 0.157 e. The Morgan fingerprint density at radius 3 is 3.10 bits per heavy atom. The fraction of sp³-hybridized carbons (Fsp3) is 0.600. The van der Waals surface area contributed by atoms with E-state index in [9.17, 15) is 0 Å². The highest BCUT2D eigenvalue weighted by atomic mass is 15.3. The van der Waals surface area contributed by atoms with Crippen molar-refractivity contribution in [2.75, 3.05) is 18.4 Å². The molecular formula is C15H21N5. The predicted octanol–water partition coefficient (Wildman–Crippen LogP) is 1.69. The van der Waals surface area contributed by atoms with Gasteiger partial charge in [0, 0.05) is 29.9 Å². The van der Waals surface area contributed by atoms with Crippen molar-refractivity contribution in [2.24, 2.45) is 0 Å². The molecule has 1 unspecified atom stereocenters. The molecule has 4 rings (SSSR count). The van der Waals surface area contributed by atoms with Crippen LogP contribution < -0.4 is 10.6 Å². The number of fused-ring (bicyclic) bond motifs is 2. The van der Waals surface area contributed by atoms with E-state index < -0.39 is 0 Å². The maximum Gasteiger partial charge on any atom is 0.157 e. The molecule has 106 valence electrons. The Morgan fingerprint density at radius 2 is 2.25 bits per heavy atom. The van der Waals surface area contributed by atoms with Crippen LogP contribution in [0.1, 0.15) is 36.2 Å². The molecule has 1 saturated heterocycles. The average molecular weight is 271 g/mol. The number of nitrogens with zero attached hydrogens (tertiary/aromatic N) is 3. The first-order valence-corrected chi connectivity index (χ1v) is 7.66. The fourth-order valence-electron chi connectivity index (χ4n) is 3.38. The standard InChI is InChI=1S/C15H21N5/c1-10-8-14-18-13-5-3-2-4-12(13)15(20(14)19-10)17-11-6-7-16-9-11/h8,11,16-17H,2-7,9H2,1H3. The summed E-state index contributed by atoms with van der Waals surface area (Å²) in [6.45, 7) is 4.18. The fourth-order valence-corrected chi connectivity index (χ4v) is 3.38. The van der Waals surface area contributed by atoms with Crippen molar-refractivity contribution >= 4 is 11.5 Å². The van der Waals surface area contributed by atoms with Gasteiger partial charge in [-0.1, -0.05) is 0 Å². The molecule has 0 bridgehead atoms. The van der Waals surface area contributed by atoms with Crippen LogP contribution in [0.25, 0.3) is 5.65 Å². The van der Waals surface area contributed by atoms with E-state index in [1.54, 1.807) is 0 Å². The van der Waals surface area contributed by atoms with Crippen molar-refractivity contribution in [3.63, 3.8) is 0 Å². The second-order valence-electron chi connectivity index (χ2n) is 5.98. The van der Waals surface area contributed by atoms with Gasteiger partial charge in [0.15, 0.2) is 5.65 Å². The predicted molar refractivity (Wildman–Crippen MR) is 79.3 cm³/mol. The van der Waals surface area contributed by atoms with Crippen molar-refractivity contribution in [1.82, 2.24) is 19.9 Å². The largest absolute Gasteiger partial charge is 0.366 e. The van der Waals surface area contributed by atoms with E-state index in [0.29, 0.717) is 6.04 Å². The third-order valence-corrected chi connectivity index (χ3v) is 4.40. The highest BCUT2D eigenvalue weighted by molar-refractivity contribution is 5.57. The van der Waals surface area contributed by atoms with Gasteiger partial charge < -0.3 is 10.6 Å². The third-order valence-electron chi connectivity index (χ3n) is 4.40. The van der Waals surface area contributed by atoms with Crippen molar-refractivity contribution in [3.05, 3.63) is 23.0 Å². The summed E-state index contributed by atoms with van der Waals surface area (Å²) in [7, 11) is 0. The maximum atomic E-state index is 4.82. The monoisotopic (exact) mass is 271 g/mol. The summed E-state index contributed by atoms with van der Waals surface area (Å²) in [5.74, 6) is 1.19. The van der Waals surface area contributed by atoms with Gasteiger partial charge in [-0.25, -0.2) is 4.98 Å². The van der Waals surface area contributed by atoms with Crippen LogP contribution in [0.5, 0.6) is 0 Å². The van der Waals surface area contributed by atoms with Gasteiger partial charge in [0.1, 0.15) is 5.82 Å². The number of aryl methyl sites for hydroxylation is 2. The van der Waals surface area contributed by atoms with Crippen molar-refractivity contribution in [2.45, 2.75) is 45.1 Å². The zero-order valence-corrected chi connectivity index (χ0v) is 11.9. The highest BCUT2D eigenvalue weighted by Gasteiger charge is 2.22. The summed E-state index contributed by atoms with van der Waals surface area (Å²) in [5.41, 5.74) is 4.68. The SMILES string of the molecule is Cc1cc2nc3c(c(NC4CCNC4)n2n1)CCCC3. The molecule has 0 spiro atoms. The molecule has 2 aliphatic rings. The number of hydrogen-bond acceptors (Lipinski definition) is 4. The highest BCUT2D eigenvalue weighted by Crippen LogP contribution is 2.28. The molecule has 1 fully saturated rings. The molecule has 0 saturated carbocycles. The molecule has 3 heterocycles. The molecule has 1 aliphatic heterocycles. The van der Waals surface area contributed by atoms with E-state index in [2.05, 4.69) is 21.8 Å². The van der Waals surface area contributed by atoms with Crippen LogP contribution in [0.2, 0.25) is 0 Å². The van der Waals surface area contributed by atoms with Gasteiger partial charge >= 0.3 is 0 Å². The molecule has 2 N–H and O–H groups in total. The van der Waals surface area contributed by atoms with Gasteiger partial charge in [0.05, 0.1) is 5.69 Å². The number of aromatic nitrogens is 3. The molecule has 5 heteroatoms. The Kier molecular flexibility index (Phi) is 2.88. The first kappa shape index (κ1) is 12.1. The molecule has 0 aromatic carbocycles. The zero-order chi connectivity index (χ0) is 13.5. The van der Waals surface area contributed by atoms with Crippen LogP contribution in [0.4, 0.5) is 5.82 Å². The van der Waals surface area contributed by atoms with Crippen molar-refractivity contribution < 1.29 is 0 Å². The molecule has 1 aliphatic carbocycles. The van der Waals surface area contributed by atoms with Gasteiger partial charge in [0.25, 0.3) is 0 Å². The normalized spacial score (nSPS) is 22.1. The van der Waals surface area contributed by atoms with E-state index in [1.165, 1.54) is 36.3 Å². The van der Waals surface area contributed by atoms with Gasteiger partial charge in [0.2, 0.25) is 0 Å². The minimum Gasteiger partial charge on any atom is -0.366 e. The van der Waals surface area contributed by atoms with Crippen LogP contribution >= 0.6 is 0 Å². The van der Waals surface area contributed by atoms with Gasteiger partial charge in [-0.2, -0.15) is 9.61 Å². The third kappa shape index (κ3) is 1.97. The number of anilines is 1. The minimum atomic E-state index is 0.510. The van der Waals surface area contributed by atoms with Gasteiger partial charge in [-0.15, -0.1) is 0 Å². The Bertz CT molecular complexity index is 639. The van der Waals surface area contributed by atoms with Gasteiger partial charge in [-0.3, -0.25) is 0 Å². The van der Waals surface area contributed by atoms with E-state index in [0.717, 1.165) is 37.3 Å². The van der Waals surface area contributed by atoms with Crippen molar-refractivity contribution in [1.29, 1.82) is 0 Å². The van der Waals surface area contributed by atoms with E-state index >= 15 is 0 Å². The molecular weight excluding hydrogens is 250 g/mol. The zero-order valence-electron chi connectivity index (χ0n) is 11.9. The van der Waals surface area contributed by atoms with E-state index in [1.807, 2.05) is 11.4 Å². The Labute approximate surface area is 118 Å². The Morgan fingerprint density at radius 1 is 1.35 bits per heavy atom.